The maximum absolute atomic E-state index is 13.2. The van der Waals surface area contributed by atoms with Crippen molar-refractivity contribution in [2.24, 2.45) is 34.5 Å². The Kier molecular flexibility index (Phi) is 5.73. The molecule has 4 nitrogen and oxygen atoms in total. The quantitative estimate of drug-likeness (QED) is 0.449. The van der Waals surface area contributed by atoms with Crippen LogP contribution in [0.3, 0.4) is 0 Å². The van der Waals surface area contributed by atoms with E-state index in [1.54, 1.807) is 0 Å². The van der Waals surface area contributed by atoms with Crippen LogP contribution in [0.25, 0.3) is 0 Å². The number of fused-ring (bicyclic) bond motifs is 5. The summed E-state index contributed by atoms with van der Waals surface area (Å²) in [5, 5.41) is 13.9. The maximum atomic E-state index is 13.2. The minimum atomic E-state index is -0.435. The fourth-order valence-electron chi connectivity index (χ4n) is 9.59. The van der Waals surface area contributed by atoms with Gasteiger partial charge in [0.25, 0.3) is 0 Å². The van der Waals surface area contributed by atoms with Crippen LogP contribution in [0.1, 0.15) is 77.7 Å². The molecule has 2 N–H and O–H groups in total. The molecule has 0 bridgehead atoms. The summed E-state index contributed by atoms with van der Waals surface area (Å²) in [5.74, 6) is 2.49. The molecule has 35 heavy (non-hydrogen) atoms. The van der Waals surface area contributed by atoms with Crippen molar-refractivity contribution in [1.82, 2.24) is 5.32 Å². The lowest BCUT2D eigenvalue weighted by atomic mass is 9.46. The summed E-state index contributed by atoms with van der Waals surface area (Å²) >= 11 is 0. The first-order valence-corrected chi connectivity index (χ1v) is 14.1. The number of carbonyl (C=O) groups excluding carboxylic acids is 1. The van der Waals surface area contributed by atoms with Crippen molar-refractivity contribution >= 4 is 5.97 Å². The molecule has 9 atom stereocenters. The van der Waals surface area contributed by atoms with Gasteiger partial charge in [-0.3, -0.25) is 4.79 Å². The molecule has 0 aromatic heterocycles. The van der Waals surface area contributed by atoms with E-state index >= 15 is 0 Å². The van der Waals surface area contributed by atoms with Gasteiger partial charge in [0.05, 0.1) is 6.10 Å². The molecule has 1 heterocycles. The number of morpholine rings is 1. The Morgan fingerprint density at radius 2 is 1.83 bits per heavy atom. The van der Waals surface area contributed by atoms with Gasteiger partial charge in [-0.2, -0.15) is 0 Å². The van der Waals surface area contributed by atoms with Crippen LogP contribution < -0.4 is 5.32 Å². The third-order valence-electron chi connectivity index (χ3n) is 11.4. The van der Waals surface area contributed by atoms with Crippen LogP contribution in [-0.2, 0) is 16.0 Å². The molecule has 5 aliphatic rings. The smallest absolute Gasteiger partial charge is 0.324 e. The second-order valence-electron chi connectivity index (χ2n) is 13.2. The number of cyclic esters (lactones) is 1. The molecular weight excluding hydrogens is 434 g/mol. The molecular formula is C31H43NO3. The van der Waals surface area contributed by atoms with Gasteiger partial charge in [-0.25, -0.2) is 0 Å². The zero-order valence-corrected chi connectivity index (χ0v) is 21.8. The minimum absolute atomic E-state index is 0.0816. The highest BCUT2D eigenvalue weighted by Gasteiger charge is 2.63. The van der Waals surface area contributed by atoms with E-state index in [1.807, 2.05) is 18.2 Å². The van der Waals surface area contributed by atoms with Gasteiger partial charge in [0.15, 0.2) is 0 Å². The number of rotatable bonds is 3. The predicted octanol–water partition coefficient (Wildman–Crippen LogP) is 5.44. The van der Waals surface area contributed by atoms with Crippen molar-refractivity contribution in [3.8, 4) is 0 Å². The molecule has 190 valence electrons. The van der Waals surface area contributed by atoms with Crippen molar-refractivity contribution in [1.29, 1.82) is 0 Å². The molecule has 3 saturated carbocycles. The molecule has 4 heteroatoms. The largest absolute Gasteiger partial charge is 0.457 e. The lowest BCUT2D eigenvalue weighted by molar-refractivity contribution is -0.184. The molecule has 4 fully saturated rings. The summed E-state index contributed by atoms with van der Waals surface area (Å²) in [6.45, 7) is 7.96. The van der Waals surface area contributed by atoms with Gasteiger partial charge in [-0.1, -0.05) is 55.8 Å². The van der Waals surface area contributed by atoms with E-state index in [-0.39, 0.29) is 28.9 Å². The zero-order chi connectivity index (χ0) is 24.4. The Morgan fingerprint density at radius 3 is 2.60 bits per heavy atom. The standard InChI is InChI=1S/C31H43NO3/c1-29-15-13-22(33)18-21(29)9-10-23-24-11-12-27(30(24,2)16-14-25(23)29)31(3)19-32-26(28(34)35-31)17-20-7-5-4-6-8-20/h4-9,22-27,32-33H,10-19H2,1-3H3/t22-,23-,24-,25-,26?,27-,29-,30-,31-/m0/s1. The van der Waals surface area contributed by atoms with E-state index in [0.717, 1.165) is 44.1 Å². The Bertz CT molecular complexity index is 1010. The van der Waals surface area contributed by atoms with Crippen molar-refractivity contribution in [3.63, 3.8) is 0 Å². The summed E-state index contributed by atoms with van der Waals surface area (Å²) in [7, 11) is 0. The van der Waals surface area contributed by atoms with Gasteiger partial charge in [-0.05, 0) is 98.9 Å². The van der Waals surface area contributed by atoms with Crippen molar-refractivity contribution in [2.75, 3.05) is 6.54 Å². The van der Waals surface area contributed by atoms with Crippen LogP contribution in [0.15, 0.2) is 42.0 Å². The van der Waals surface area contributed by atoms with E-state index in [1.165, 1.54) is 36.8 Å². The summed E-state index contributed by atoms with van der Waals surface area (Å²) in [5.41, 5.74) is 2.77. The normalized spacial score (nSPS) is 47.2. The number of ether oxygens (including phenoxy) is 1. The third kappa shape index (κ3) is 3.73. The van der Waals surface area contributed by atoms with Crippen molar-refractivity contribution in [2.45, 2.75) is 96.3 Å². The molecule has 1 aromatic rings. The summed E-state index contributed by atoms with van der Waals surface area (Å²) in [4.78, 5) is 13.2. The number of hydrogen-bond acceptors (Lipinski definition) is 4. The van der Waals surface area contributed by atoms with Crippen LogP contribution >= 0.6 is 0 Å². The molecule has 4 aliphatic carbocycles. The fraction of sp³-hybridized carbons (Fsp3) is 0.710. The highest BCUT2D eigenvalue weighted by Crippen LogP contribution is 2.67. The number of esters is 1. The average Bonchev–Trinajstić information content (AvgIpc) is 3.20. The molecule has 0 amide bonds. The number of aliphatic hydroxyl groups excluding tert-OH is 1. The third-order valence-corrected chi connectivity index (χ3v) is 11.4. The van der Waals surface area contributed by atoms with Gasteiger partial charge < -0.3 is 15.2 Å². The molecule has 0 spiro atoms. The zero-order valence-electron chi connectivity index (χ0n) is 21.8. The number of aliphatic hydroxyl groups is 1. The highest BCUT2D eigenvalue weighted by molar-refractivity contribution is 5.77. The lowest BCUT2D eigenvalue weighted by Gasteiger charge is -2.59. The fourth-order valence-corrected chi connectivity index (χ4v) is 9.59. The van der Waals surface area contributed by atoms with E-state index in [0.29, 0.717) is 18.3 Å². The average molecular weight is 478 g/mol. The second kappa shape index (κ2) is 8.45. The van der Waals surface area contributed by atoms with Crippen LogP contribution in [0.5, 0.6) is 0 Å². The van der Waals surface area contributed by atoms with Crippen LogP contribution in [0.4, 0.5) is 0 Å². The summed E-state index contributed by atoms with van der Waals surface area (Å²) in [6.07, 6.45) is 12.1. The number of nitrogens with one attached hydrogen (secondary N) is 1. The number of benzene rings is 1. The van der Waals surface area contributed by atoms with E-state index < -0.39 is 5.60 Å². The first kappa shape index (κ1) is 23.7. The SMILES string of the molecule is C[C@]12CC[C@H]3[C@@H](CC=C4C[C@@H](O)CC[C@@]43C)[C@@H]1CC[C@@H]2[C@]1(C)CNC(Cc2ccccc2)C(=O)O1. The molecule has 6 rings (SSSR count). The van der Waals surface area contributed by atoms with E-state index in [2.05, 4.69) is 44.3 Å². The number of allylic oxidation sites excluding steroid dienone is 1. The Hall–Kier alpha value is -1.65. The Labute approximate surface area is 210 Å². The Balaban J connectivity index is 1.19. The topological polar surface area (TPSA) is 58.6 Å². The molecule has 1 aliphatic heterocycles. The summed E-state index contributed by atoms with van der Waals surface area (Å²) < 4.78 is 6.37. The number of hydrogen-bond donors (Lipinski definition) is 2. The maximum Gasteiger partial charge on any atom is 0.324 e. The Morgan fingerprint density at radius 1 is 1.03 bits per heavy atom. The van der Waals surface area contributed by atoms with Crippen LogP contribution in [0, 0.1) is 34.5 Å². The van der Waals surface area contributed by atoms with Gasteiger partial charge >= 0.3 is 5.97 Å². The van der Waals surface area contributed by atoms with Gasteiger partial charge in [0.2, 0.25) is 0 Å². The lowest BCUT2D eigenvalue weighted by Crippen LogP contribution is -2.62. The molecule has 1 unspecified atom stereocenters. The first-order valence-electron chi connectivity index (χ1n) is 14.1. The highest BCUT2D eigenvalue weighted by atomic mass is 16.6. The van der Waals surface area contributed by atoms with Crippen LogP contribution in [-0.4, -0.2) is 35.4 Å². The predicted molar refractivity (Wildman–Crippen MR) is 138 cm³/mol. The van der Waals surface area contributed by atoms with Crippen LogP contribution in [0.2, 0.25) is 0 Å². The summed E-state index contributed by atoms with van der Waals surface area (Å²) in [6, 6.07) is 9.99. The minimum Gasteiger partial charge on any atom is -0.457 e. The van der Waals surface area contributed by atoms with E-state index in [4.69, 9.17) is 4.74 Å². The number of carbonyl (C=O) groups is 1. The second-order valence-corrected chi connectivity index (χ2v) is 13.2. The van der Waals surface area contributed by atoms with E-state index in [9.17, 15) is 9.90 Å². The monoisotopic (exact) mass is 477 g/mol. The van der Waals surface area contributed by atoms with Gasteiger partial charge in [0, 0.05) is 12.5 Å². The molecule has 0 radical (unpaired) electrons. The van der Waals surface area contributed by atoms with Gasteiger partial charge in [-0.15, -0.1) is 0 Å². The molecule has 1 saturated heterocycles. The molecule has 1 aromatic carbocycles. The first-order chi connectivity index (χ1) is 16.7. The van der Waals surface area contributed by atoms with Gasteiger partial charge in [0.1, 0.15) is 11.6 Å². The van der Waals surface area contributed by atoms with Crippen molar-refractivity contribution < 1.29 is 14.6 Å². The van der Waals surface area contributed by atoms with Crippen molar-refractivity contribution in [3.05, 3.63) is 47.5 Å².